The molecule has 0 radical (unpaired) electrons. The molecule has 3 amide bonds. The maximum absolute atomic E-state index is 12.7. The van der Waals surface area contributed by atoms with Crippen molar-refractivity contribution in [1.29, 1.82) is 0 Å². The van der Waals surface area contributed by atoms with Gasteiger partial charge in [-0.15, -0.1) is 0 Å². The van der Waals surface area contributed by atoms with Crippen LogP contribution in [-0.2, 0) is 30.5 Å². The Morgan fingerprint density at radius 1 is 1.06 bits per heavy atom. The second kappa shape index (κ2) is 12.8. The average molecular weight is 454 g/mol. The first kappa shape index (κ1) is 26.3. The van der Waals surface area contributed by atoms with Gasteiger partial charge >= 0.3 is 12.1 Å². The summed E-state index contributed by atoms with van der Waals surface area (Å²) >= 11 is 1.49. The summed E-state index contributed by atoms with van der Waals surface area (Å²) in [6, 6.07) is 6.81. The molecule has 4 N–H and O–H groups in total. The number of esters is 1. The lowest BCUT2D eigenvalue weighted by atomic mass is 10.1. The van der Waals surface area contributed by atoms with Crippen LogP contribution in [0.3, 0.4) is 0 Å². The molecule has 0 aliphatic rings. The zero-order valence-electron chi connectivity index (χ0n) is 18.3. The molecule has 0 heterocycles. The number of primary amides is 1. The van der Waals surface area contributed by atoms with Gasteiger partial charge in [-0.25, -0.2) is 4.79 Å². The highest BCUT2D eigenvalue weighted by Gasteiger charge is 2.29. The minimum absolute atomic E-state index is 0.0374. The molecule has 0 fully saturated rings. The monoisotopic (exact) mass is 453 g/mol. The number of thioether (sulfide) groups is 1. The molecule has 0 aromatic heterocycles. The maximum atomic E-state index is 12.7. The van der Waals surface area contributed by atoms with E-state index >= 15 is 0 Å². The number of alkyl carbamates (subject to hydrolysis) is 1. The number of ether oxygens (including phenoxy) is 2. The van der Waals surface area contributed by atoms with Crippen LogP contribution < -0.4 is 16.4 Å². The highest BCUT2D eigenvalue weighted by atomic mass is 32.2. The number of carbonyl (C=O) groups excluding carboxylic acids is 4. The van der Waals surface area contributed by atoms with Crippen LogP contribution in [0.4, 0.5) is 4.79 Å². The second-order valence-corrected chi connectivity index (χ2v) is 8.78. The van der Waals surface area contributed by atoms with Crippen LogP contribution in [-0.4, -0.2) is 53.6 Å². The lowest BCUT2D eigenvalue weighted by Gasteiger charge is -2.24. The van der Waals surface area contributed by atoms with Gasteiger partial charge in [0.25, 0.3) is 0 Å². The maximum Gasteiger partial charge on any atom is 0.408 e. The third-order valence-corrected chi connectivity index (χ3v) is 4.54. The van der Waals surface area contributed by atoms with E-state index in [4.69, 9.17) is 15.2 Å². The molecular weight excluding hydrogens is 422 g/mol. The Bertz CT molecular complexity index is 751. The van der Waals surface area contributed by atoms with Crippen molar-refractivity contribution in [1.82, 2.24) is 10.6 Å². The van der Waals surface area contributed by atoms with Crippen LogP contribution in [0.25, 0.3) is 0 Å². The molecule has 0 saturated carbocycles. The van der Waals surface area contributed by atoms with Crippen molar-refractivity contribution in [3.05, 3.63) is 35.9 Å². The first-order chi connectivity index (χ1) is 14.5. The second-order valence-electron chi connectivity index (χ2n) is 7.79. The quantitative estimate of drug-likeness (QED) is 0.434. The Labute approximate surface area is 186 Å². The normalized spacial score (nSPS) is 12.9. The third-order valence-electron chi connectivity index (χ3n) is 3.89. The number of carbonyl (C=O) groups is 4. The van der Waals surface area contributed by atoms with Gasteiger partial charge in [-0.2, -0.15) is 11.8 Å². The molecule has 31 heavy (non-hydrogen) atoms. The summed E-state index contributed by atoms with van der Waals surface area (Å²) in [6.07, 6.45) is 0.982. The van der Waals surface area contributed by atoms with Crippen molar-refractivity contribution in [3.8, 4) is 0 Å². The van der Waals surface area contributed by atoms with E-state index in [9.17, 15) is 19.2 Å². The summed E-state index contributed by atoms with van der Waals surface area (Å²) < 4.78 is 10.3. The average Bonchev–Trinajstić information content (AvgIpc) is 2.68. The van der Waals surface area contributed by atoms with E-state index in [0.29, 0.717) is 12.2 Å². The zero-order valence-corrected chi connectivity index (χ0v) is 19.1. The van der Waals surface area contributed by atoms with Gasteiger partial charge in [0.15, 0.2) is 0 Å². The smallest absolute Gasteiger partial charge is 0.408 e. The fourth-order valence-electron chi connectivity index (χ4n) is 2.41. The standard InChI is InChI=1S/C21H31N3O6S/c1-21(2,3)30-20(28)24-15(10-11-31-4)19(27)23-16(18(22)26)12-17(25)29-13-14-8-6-5-7-9-14/h5-9,15-16H,10-13H2,1-4H3,(H2,22,26)(H,23,27)(H,24,28)/t15-,16+/m0/s1. The molecule has 9 nitrogen and oxygen atoms in total. The van der Waals surface area contributed by atoms with Crippen LogP contribution in [0.5, 0.6) is 0 Å². The predicted molar refractivity (Wildman–Crippen MR) is 118 cm³/mol. The van der Waals surface area contributed by atoms with Crippen molar-refractivity contribution in [2.24, 2.45) is 5.73 Å². The van der Waals surface area contributed by atoms with Gasteiger partial charge in [0.05, 0.1) is 6.42 Å². The molecule has 1 rings (SSSR count). The number of rotatable bonds is 11. The van der Waals surface area contributed by atoms with Gasteiger partial charge in [-0.05, 0) is 44.8 Å². The minimum Gasteiger partial charge on any atom is -0.461 e. The summed E-state index contributed by atoms with van der Waals surface area (Å²) in [5.41, 5.74) is 5.40. The largest absolute Gasteiger partial charge is 0.461 e. The molecule has 10 heteroatoms. The van der Waals surface area contributed by atoms with Crippen LogP contribution in [0.1, 0.15) is 39.2 Å². The first-order valence-electron chi connectivity index (χ1n) is 9.79. The molecule has 172 valence electrons. The van der Waals surface area contributed by atoms with E-state index in [1.807, 2.05) is 24.5 Å². The lowest BCUT2D eigenvalue weighted by Crippen LogP contribution is -2.54. The Morgan fingerprint density at radius 3 is 2.26 bits per heavy atom. The molecule has 0 spiro atoms. The molecule has 0 aliphatic heterocycles. The fraction of sp³-hybridized carbons (Fsp3) is 0.524. The highest BCUT2D eigenvalue weighted by molar-refractivity contribution is 7.98. The Hall–Kier alpha value is -2.75. The molecular formula is C21H31N3O6S. The van der Waals surface area contributed by atoms with Gasteiger partial charge < -0.3 is 25.8 Å². The summed E-state index contributed by atoms with van der Waals surface area (Å²) in [5.74, 6) is -1.63. The molecule has 1 aromatic carbocycles. The topological polar surface area (TPSA) is 137 Å². The van der Waals surface area contributed by atoms with Crippen molar-refractivity contribution < 1.29 is 28.7 Å². The number of nitrogens with one attached hydrogen (secondary N) is 2. The summed E-state index contributed by atoms with van der Waals surface area (Å²) in [4.78, 5) is 48.6. The van der Waals surface area contributed by atoms with Crippen molar-refractivity contribution >= 4 is 35.6 Å². The predicted octanol–water partition coefficient (Wildman–Crippen LogP) is 1.74. The summed E-state index contributed by atoms with van der Waals surface area (Å²) in [6.45, 7) is 5.14. The molecule has 0 aliphatic carbocycles. The number of hydrogen-bond acceptors (Lipinski definition) is 7. The molecule has 0 unspecified atom stereocenters. The fourth-order valence-corrected chi connectivity index (χ4v) is 2.88. The molecule has 0 saturated heterocycles. The molecule has 2 atom stereocenters. The van der Waals surface area contributed by atoms with E-state index in [0.717, 1.165) is 5.56 Å². The van der Waals surface area contributed by atoms with Gasteiger partial charge in [-0.1, -0.05) is 30.3 Å². The van der Waals surface area contributed by atoms with Gasteiger partial charge in [0, 0.05) is 0 Å². The van der Waals surface area contributed by atoms with E-state index in [2.05, 4.69) is 10.6 Å². The summed E-state index contributed by atoms with van der Waals surface area (Å²) in [5, 5.41) is 4.93. The highest BCUT2D eigenvalue weighted by Crippen LogP contribution is 2.09. The van der Waals surface area contributed by atoms with Crippen molar-refractivity contribution in [2.45, 2.75) is 57.9 Å². The van der Waals surface area contributed by atoms with Crippen molar-refractivity contribution in [2.75, 3.05) is 12.0 Å². The number of hydrogen-bond donors (Lipinski definition) is 3. The van der Waals surface area contributed by atoms with E-state index in [1.54, 1.807) is 32.9 Å². The van der Waals surface area contributed by atoms with Crippen LogP contribution in [0.2, 0.25) is 0 Å². The minimum atomic E-state index is -1.27. The van der Waals surface area contributed by atoms with Crippen LogP contribution in [0.15, 0.2) is 30.3 Å². The third kappa shape index (κ3) is 11.3. The zero-order chi connectivity index (χ0) is 23.4. The van der Waals surface area contributed by atoms with E-state index in [-0.39, 0.29) is 6.61 Å². The Kier molecular flexibility index (Phi) is 10.9. The number of benzene rings is 1. The summed E-state index contributed by atoms with van der Waals surface area (Å²) in [7, 11) is 0. The Morgan fingerprint density at radius 2 is 1.71 bits per heavy atom. The van der Waals surface area contributed by atoms with Gasteiger partial charge in [-0.3, -0.25) is 14.4 Å². The number of amides is 3. The SMILES string of the molecule is CSCC[C@H](NC(=O)OC(C)(C)C)C(=O)N[C@H](CC(=O)OCc1ccccc1)C(N)=O. The van der Waals surface area contributed by atoms with Crippen LogP contribution >= 0.6 is 11.8 Å². The first-order valence-corrected chi connectivity index (χ1v) is 11.2. The molecule has 0 bridgehead atoms. The van der Waals surface area contributed by atoms with E-state index < -0.39 is 48.0 Å². The number of nitrogens with two attached hydrogens (primary N) is 1. The Balaban J connectivity index is 2.70. The van der Waals surface area contributed by atoms with Gasteiger partial charge in [0.2, 0.25) is 11.8 Å². The lowest BCUT2D eigenvalue weighted by molar-refractivity contribution is -0.147. The van der Waals surface area contributed by atoms with Crippen LogP contribution in [0, 0.1) is 0 Å². The van der Waals surface area contributed by atoms with E-state index in [1.165, 1.54) is 11.8 Å². The van der Waals surface area contributed by atoms with Gasteiger partial charge in [0.1, 0.15) is 24.3 Å². The molecule has 1 aromatic rings. The van der Waals surface area contributed by atoms with Crippen molar-refractivity contribution in [3.63, 3.8) is 0 Å².